The maximum absolute atomic E-state index is 12.2. The van der Waals surface area contributed by atoms with E-state index in [0.717, 1.165) is 16.9 Å². The molecule has 4 nitrogen and oxygen atoms in total. The van der Waals surface area contributed by atoms with E-state index in [1.54, 1.807) is 6.08 Å². The van der Waals surface area contributed by atoms with Crippen molar-refractivity contribution in [3.05, 3.63) is 77.9 Å². The number of fused-ring (bicyclic) bond motifs is 2. The Hall–Kier alpha value is -3.27. The number of nitrogens with one attached hydrogen (secondary N) is 1. The predicted molar refractivity (Wildman–Crippen MR) is 102 cm³/mol. The van der Waals surface area contributed by atoms with E-state index >= 15 is 0 Å². The number of amides is 1. The van der Waals surface area contributed by atoms with Gasteiger partial charge in [-0.05, 0) is 53.1 Å². The zero-order valence-corrected chi connectivity index (χ0v) is 14.4. The van der Waals surface area contributed by atoms with Crippen LogP contribution in [-0.2, 0) is 4.79 Å². The van der Waals surface area contributed by atoms with Crippen molar-refractivity contribution in [1.82, 2.24) is 5.32 Å². The molecule has 3 aromatic rings. The molecule has 0 spiro atoms. The maximum Gasteiger partial charge on any atom is 0.244 e. The van der Waals surface area contributed by atoms with Crippen LogP contribution in [0, 0.1) is 0 Å². The van der Waals surface area contributed by atoms with Gasteiger partial charge in [0.25, 0.3) is 0 Å². The molecule has 0 saturated heterocycles. The smallest absolute Gasteiger partial charge is 0.244 e. The third-order valence-electron chi connectivity index (χ3n) is 4.46. The second-order valence-corrected chi connectivity index (χ2v) is 6.28. The Balaban J connectivity index is 1.43. The van der Waals surface area contributed by atoms with Gasteiger partial charge in [-0.25, -0.2) is 0 Å². The molecule has 0 fully saturated rings. The fraction of sp³-hybridized carbons (Fsp3) is 0.136. The molecule has 4 rings (SSSR count). The summed E-state index contributed by atoms with van der Waals surface area (Å²) in [7, 11) is 0. The summed E-state index contributed by atoms with van der Waals surface area (Å²) in [4.78, 5) is 12.2. The zero-order valence-electron chi connectivity index (χ0n) is 14.4. The van der Waals surface area contributed by atoms with Gasteiger partial charge in [0.1, 0.15) is 0 Å². The predicted octanol–water partition coefficient (Wildman–Crippen LogP) is 4.46. The van der Waals surface area contributed by atoms with Crippen molar-refractivity contribution in [2.75, 3.05) is 6.79 Å². The highest BCUT2D eigenvalue weighted by atomic mass is 16.7. The number of rotatable bonds is 4. The van der Waals surface area contributed by atoms with Crippen LogP contribution in [0.4, 0.5) is 0 Å². The van der Waals surface area contributed by atoms with Crippen molar-refractivity contribution in [3.8, 4) is 11.5 Å². The highest BCUT2D eigenvalue weighted by Crippen LogP contribution is 2.32. The van der Waals surface area contributed by atoms with E-state index in [-0.39, 0.29) is 18.7 Å². The van der Waals surface area contributed by atoms with E-state index in [4.69, 9.17) is 9.47 Å². The summed E-state index contributed by atoms with van der Waals surface area (Å²) in [5.74, 6) is 1.30. The molecule has 0 aliphatic carbocycles. The van der Waals surface area contributed by atoms with Gasteiger partial charge in [0.05, 0.1) is 6.04 Å². The first-order valence-electron chi connectivity index (χ1n) is 8.56. The van der Waals surface area contributed by atoms with Crippen LogP contribution < -0.4 is 14.8 Å². The van der Waals surface area contributed by atoms with Crippen LogP contribution in [0.5, 0.6) is 11.5 Å². The molecular formula is C22H19NO3. The lowest BCUT2D eigenvalue weighted by molar-refractivity contribution is -0.117. The molecule has 1 aliphatic heterocycles. The quantitative estimate of drug-likeness (QED) is 0.710. The van der Waals surface area contributed by atoms with Crippen LogP contribution >= 0.6 is 0 Å². The molecule has 1 N–H and O–H groups in total. The van der Waals surface area contributed by atoms with E-state index in [0.29, 0.717) is 5.75 Å². The lowest BCUT2D eigenvalue weighted by atomic mass is 10.0. The number of benzene rings is 3. The van der Waals surface area contributed by atoms with Crippen LogP contribution in [-0.4, -0.2) is 12.7 Å². The lowest BCUT2D eigenvalue weighted by Crippen LogP contribution is -2.24. The Labute approximate surface area is 152 Å². The Morgan fingerprint density at radius 1 is 1.00 bits per heavy atom. The van der Waals surface area contributed by atoms with Crippen LogP contribution in [0.1, 0.15) is 24.1 Å². The third kappa shape index (κ3) is 3.40. The highest BCUT2D eigenvalue weighted by molar-refractivity contribution is 5.92. The van der Waals surface area contributed by atoms with Crippen LogP contribution in [0.2, 0.25) is 0 Å². The number of hydrogen-bond acceptors (Lipinski definition) is 3. The van der Waals surface area contributed by atoms with Gasteiger partial charge < -0.3 is 14.8 Å². The van der Waals surface area contributed by atoms with E-state index < -0.39 is 0 Å². The summed E-state index contributed by atoms with van der Waals surface area (Å²) in [5, 5.41) is 5.36. The molecule has 1 aliphatic rings. The minimum absolute atomic E-state index is 0.0755. The molecule has 0 aromatic heterocycles. The summed E-state index contributed by atoms with van der Waals surface area (Å²) in [6.45, 7) is 2.22. The fourth-order valence-electron chi connectivity index (χ4n) is 3.01. The molecule has 0 radical (unpaired) electrons. The van der Waals surface area contributed by atoms with E-state index in [1.165, 1.54) is 16.8 Å². The number of carbonyl (C=O) groups excluding carboxylic acids is 1. The molecule has 26 heavy (non-hydrogen) atoms. The summed E-state index contributed by atoms with van der Waals surface area (Å²) in [5.41, 5.74) is 1.97. The number of hydrogen-bond donors (Lipinski definition) is 1. The van der Waals surface area contributed by atoms with E-state index in [2.05, 4.69) is 35.6 Å². The van der Waals surface area contributed by atoms with Gasteiger partial charge in [-0.1, -0.05) is 42.5 Å². The summed E-state index contributed by atoms with van der Waals surface area (Å²) in [6, 6.07) is 20.0. The number of ether oxygens (including phenoxy) is 2. The van der Waals surface area contributed by atoms with Crippen molar-refractivity contribution < 1.29 is 14.3 Å². The van der Waals surface area contributed by atoms with Crippen molar-refractivity contribution in [2.45, 2.75) is 13.0 Å². The van der Waals surface area contributed by atoms with Crippen molar-refractivity contribution in [1.29, 1.82) is 0 Å². The first-order chi connectivity index (χ1) is 12.7. The van der Waals surface area contributed by atoms with Crippen molar-refractivity contribution in [2.24, 2.45) is 0 Å². The summed E-state index contributed by atoms with van der Waals surface area (Å²) < 4.78 is 10.6. The lowest BCUT2D eigenvalue weighted by Gasteiger charge is -2.14. The molecule has 1 heterocycles. The molecule has 1 atom stereocenters. The van der Waals surface area contributed by atoms with Gasteiger partial charge in [-0.15, -0.1) is 0 Å². The Kier molecular flexibility index (Phi) is 4.32. The van der Waals surface area contributed by atoms with Crippen molar-refractivity contribution in [3.63, 3.8) is 0 Å². The second kappa shape index (κ2) is 6.92. The SMILES string of the molecule is CC(NC(=O)/C=C/c1ccc2c(c1)OCO2)c1ccc2ccccc2c1. The topological polar surface area (TPSA) is 47.6 Å². The molecule has 130 valence electrons. The minimum Gasteiger partial charge on any atom is -0.454 e. The Bertz CT molecular complexity index is 994. The van der Waals surface area contributed by atoms with Crippen LogP contribution in [0.15, 0.2) is 66.7 Å². The van der Waals surface area contributed by atoms with Gasteiger partial charge in [-0.2, -0.15) is 0 Å². The summed E-state index contributed by atoms with van der Waals surface area (Å²) in [6.07, 6.45) is 3.31. The first kappa shape index (κ1) is 16.2. The maximum atomic E-state index is 12.2. The molecule has 0 saturated carbocycles. The standard InChI is InChI=1S/C22H19NO3/c1-15(18-9-8-17-4-2-3-5-19(17)13-18)23-22(24)11-7-16-6-10-20-21(12-16)26-14-25-20/h2-13,15H,14H2,1H3,(H,23,24)/b11-7+. The van der Waals surface area contributed by atoms with E-state index in [1.807, 2.05) is 37.3 Å². The van der Waals surface area contributed by atoms with Crippen LogP contribution in [0.25, 0.3) is 16.8 Å². The molecule has 3 aromatic carbocycles. The highest BCUT2D eigenvalue weighted by Gasteiger charge is 2.12. The van der Waals surface area contributed by atoms with Gasteiger partial charge >= 0.3 is 0 Å². The average Bonchev–Trinajstić information content (AvgIpc) is 3.13. The van der Waals surface area contributed by atoms with Crippen molar-refractivity contribution >= 4 is 22.8 Å². The van der Waals surface area contributed by atoms with Gasteiger partial charge in [0.15, 0.2) is 11.5 Å². The fourth-order valence-corrected chi connectivity index (χ4v) is 3.01. The van der Waals surface area contributed by atoms with E-state index in [9.17, 15) is 4.79 Å². The van der Waals surface area contributed by atoms with Gasteiger partial charge in [0.2, 0.25) is 12.7 Å². The normalized spacial score (nSPS) is 13.9. The largest absolute Gasteiger partial charge is 0.454 e. The van der Waals surface area contributed by atoms with Crippen LogP contribution in [0.3, 0.4) is 0 Å². The van der Waals surface area contributed by atoms with Gasteiger partial charge in [0, 0.05) is 6.08 Å². The zero-order chi connectivity index (χ0) is 17.9. The molecule has 4 heteroatoms. The second-order valence-electron chi connectivity index (χ2n) is 6.28. The molecular weight excluding hydrogens is 326 g/mol. The molecule has 1 amide bonds. The first-order valence-corrected chi connectivity index (χ1v) is 8.56. The summed E-state index contributed by atoms with van der Waals surface area (Å²) >= 11 is 0. The molecule has 0 bridgehead atoms. The molecule has 1 unspecified atom stereocenters. The monoisotopic (exact) mass is 345 g/mol. The average molecular weight is 345 g/mol. The third-order valence-corrected chi connectivity index (χ3v) is 4.46. The number of carbonyl (C=O) groups is 1. The Morgan fingerprint density at radius 2 is 1.81 bits per heavy atom. The van der Waals surface area contributed by atoms with Gasteiger partial charge in [-0.3, -0.25) is 4.79 Å². The minimum atomic E-state index is -0.136. The Morgan fingerprint density at radius 3 is 2.69 bits per heavy atom.